The third kappa shape index (κ3) is 5.48. The third-order valence-corrected chi connectivity index (χ3v) is 7.76. The standard InChI is InChI=1S/C28H34N2OS/c1-30(2)27(25-14-9-19-32-25)24-17-15-21(16-18-24)20-29-28(31)26(22-10-5-3-6-11-22)23-12-7-4-8-13-23/h3-14,19,21,24,26-27H,15-18,20H2,1-2H3,(H,29,31). The molecule has 1 N–H and O–H groups in total. The molecule has 168 valence electrons. The first-order valence-corrected chi connectivity index (χ1v) is 12.6. The normalized spacial score (nSPS) is 19.8. The van der Waals surface area contributed by atoms with E-state index in [2.05, 4.69) is 66.1 Å². The highest BCUT2D eigenvalue weighted by Crippen LogP contribution is 2.40. The van der Waals surface area contributed by atoms with Gasteiger partial charge in [0, 0.05) is 17.5 Å². The molecule has 3 nitrogen and oxygen atoms in total. The van der Waals surface area contributed by atoms with E-state index in [0.29, 0.717) is 17.9 Å². The molecular formula is C28H34N2OS. The SMILES string of the molecule is CN(C)C(c1cccs1)C1CCC(CNC(=O)C(c2ccccc2)c2ccccc2)CC1. The molecule has 4 rings (SSSR count). The van der Waals surface area contributed by atoms with E-state index in [0.717, 1.165) is 17.7 Å². The summed E-state index contributed by atoms with van der Waals surface area (Å²) in [6.45, 7) is 0.771. The lowest BCUT2D eigenvalue weighted by Crippen LogP contribution is -2.36. The number of carbonyl (C=O) groups excluding carboxylic acids is 1. The van der Waals surface area contributed by atoms with Gasteiger partial charge >= 0.3 is 0 Å². The van der Waals surface area contributed by atoms with Crippen LogP contribution in [0.25, 0.3) is 0 Å². The summed E-state index contributed by atoms with van der Waals surface area (Å²) in [6, 6.07) is 25.2. The number of nitrogens with zero attached hydrogens (tertiary/aromatic N) is 1. The molecule has 1 aliphatic carbocycles. The third-order valence-electron chi connectivity index (χ3n) is 6.82. The van der Waals surface area contributed by atoms with Crippen LogP contribution in [-0.4, -0.2) is 31.4 Å². The Balaban J connectivity index is 1.36. The van der Waals surface area contributed by atoms with Crippen LogP contribution in [0.3, 0.4) is 0 Å². The lowest BCUT2D eigenvalue weighted by molar-refractivity contribution is -0.121. The summed E-state index contributed by atoms with van der Waals surface area (Å²) in [5, 5.41) is 5.48. The minimum absolute atomic E-state index is 0.106. The summed E-state index contributed by atoms with van der Waals surface area (Å²) in [5.74, 6) is 1.10. The number of amides is 1. The maximum atomic E-state index is 13.3. The second-order valence-electron chi connectivity index (χ2n) is 9.20. The Morgan fingerprint density at radius 1 is 0.906 bits per heavy atom. The van der Waals surface area contributed by atoms with E-state index in [1.54, 1.807) is 0 Å². The molecule has 32 heavy (non-hydrogen) atoms. The van der Waals surface area contributed by atoms with E-state index >= 15 is 0 Å². The molecule has 4 heteroatoms. The van der Waals surface area contributed by atoms with E-state index in [-0.39, 0.29) is 11.8 Å². The lowest BCUT2D eigenvalue weighted by atomic mass is 9.77. The smallest absolute Gasteiger partial charge is 0.232 e. The Bertz CT molecular complexity index is 908. The zero-order valence-electron chi connectivity index (χ0n) is 19.1. The molecule has 1 fully saturated rings. The first kappa shape index (κ1) is 22.8. The van der Waals surface area contributed by atoms with Crippen LogP contribution in [0.2, 0.25) is 0 Å². The van der Waals surface area contributed by atoms with Crippen LogP contribution in [0, 0.1) is 11.8 Å². The Kier molecular flexibility index (Phi) is 7.77. The molecule has 0 bridgehead atoms. The molecule has 0 radical (unpaired) electrons. The van der Waals surface area contributed by atoms with Gasteiger partial charge in [-0.1, -0.05) is 66.7 Å². The number of hydrogen-bond acceptors (Lipinski definition) is 3. The van der Waals surface area contributed by atoms with Gasteiger partial charge < -0.3 is 10.2 Å². The summed E-state index contributed by atoms with van der Waals surface area (Å²) >= 11 is 1.87. The number of carbonyl (C=O) groups is 1. The van der Waals surface area contributed by atoms with Crippen molar-refractivity contribution in [2.75, 3.05) is 20.6 Å². The van der Waals surface area contributed by atoms with E-state index in [9.17, 15) is 4.79 Å². The Morgan fingerprint density at radius 3 is 2.00 bits per heavy atom. The van der Waals surface area contributed by atoms with Gasteiger partial charge in [0.2, 0.25) is 5.91 Å². The van der Waals surface area contributed by atoms with Crippen molar-refractivity contribution in [2.24, 2.45) is 11.8 Å². The molecule has 0 aliphatic heterocycles. The summed E-state index contributed by atoms with van der Waals surface area (Å²) in [5.41, 5.74) is 2.09. The highest BCUT2D eigenvalue weighted by Gasteiger charge is 2.31. The summed E-state index contributed by atoms with van der Waals surface area (Å²) in [4.78, 5) is 17.1. The Labute approximate surface area is 196 Å². The molecule has 1 aliphatic rings. The highest BCUT2D eigenvalue weighted by molar-refractivity contribution is 7.10. The quantitative estimate of drug-likeness (QED) is 0.453. The molecule has 3 aromatic rings. The molecule has 1 saturated carbocycles. The number of nitrogens with one attached hydrogen (secondary N) is 1. The molecule has 0 saturated heterocycles. The first-order valence-electron chi connectivity index (χ1n) is 11.7. The zero-order chi connectivity index (χ0) is 22.3. The summed E-state index contributed by atoms with van der Waals surface area (Å²) < 4.78 is 0. The molecule has 1 heterocycles. The van der Waals surface area contributed by atoms with Crippen LogP contribution < -0.4 is 5.32 Å². The van der Waals surface area contributed by atoms with Crippen LogP contribution in [0.4, 0.5) is 0 Å². The molecule has 1 aromatic heterocycles. The molecule has 1 atom stereocenters. The van der Waals surface area contributed by atoms with Crippen LogP contribution in [0.1, 0.15) is 53.6 Å². The van der Waals surface area contributed by atoms with Crippen molar-refractivity contribution in [1.29, 1.82) is 0 Å². The molecule has 0 spiro atoms. The fourth-order valence-corrected chi connectivity index (χ4v) is 6.22. The lowest BCUT2D eigenvalue weighted by Gasteiger charge is -2.37. The van der Waals surface area contributed by atoms with Crippen molar-refractivity contribution in [2.45, 2.75) is 37.6 Å². The largest absolute Gasteiger partial charge is 0.355 e. The van der Waals surface area contributed by atoms with Crippen LogP contribution >= 0.6 is 11.3 Å². The molecule has 2 aromatic carbocycles. The minimum Gasteiger partial charge on any atom is -0.355 e. The molecule has 1 amide bonds. The van der Waals surface area contributed by atoms with Gasteiger partial charge in [0.05, 0.1) is 5.92 Å². The summed E-state index contributed by atoms with van der Waals surface area (Å²) in [6.07, 6.45) is 4.81. The van der Waals surface area contributed by atoms with Crippen LogP contribution in [0.15, 0.2) is 78.2 Å². The molecule has 1 unspecified atom stereocenters. The van der Waals surface area contributed by atoms with E-state index in [1.807, 2.05) is 47.7 Å². The fraction of sp³-hybridized carbons (Fsp3) is 0.393. The number of hydrogen-bond donors (Lipinski definition) is 1. The second kappa shape index (κ2) is 10.9. The Hall–Kier alpha value is -2.43. The predicted octanol–water partition coefficient (Wildman–Crippen LogP) is 6.11. The number of rotatable bonds is 8. The van der Waals surface area contributed by atoms with Gasteiger partial charge in [-0.25, -0.2) is 0 Å². The van der Waals surface area contributed by atoms with Crippen LogP contribution in [-0.2, 0) is 4.79 Å². The van der Waals surface area contributed by atoms with Gasteiger partial charge in [-0.2, -0.15) is 0 Å². The van der Waals surface area contributed by atoms with Crippen molar-refractivity contribution < 1.29 is 4.79 Å². The van der Waals surface area contributed by atoms with Crippen molar-refractivity contribution >= 4 is 17.2 Å². The maximum Gasteiger partial charge on any atom is 0.232 e. The highest BCUT2D eigenvalue weighted by atomic mass is 32.1. The van der Waals surface area contributed by atoms with Crippen molar-refractivity contribution in [1.82, 2.24) is 10.2 Å². The van der Waals surface area contributed by atoms with Crippen molar-refractivity contribution in [3.63, 3.8) is 0 Å². The molecular weight excluding hydrogens is 412 g/mol. The van der Waals surface area contributed by atoms with Gasteiger partial charge in [-0.05, 0) is 74.2 Å². The van der Waals surface area contributed by atoms with E-state index in [4.69, 9.17) is 0 Å². The maximum absolute atomic E-state index is 13.3. The van der Waals surface area contributed by atoms with Gasteiger partial charge in [-0.3, -0.25) is 4.79 Å². The van der Waals surface area contributed by atoms with Gasteiger partial charge in [0.25, 0.3) is 0 Å². The average molecular weight is 447 g/mol. The zero-order valence-corrected chi connectivity index (χ0v) is 19.9. The van der Waals surface area contributed by atoms with Gasteiger partial charge in [0.1, 0.15) is 0 Å². The van der Waals surface area contributed by atoms with E-state index < -0.39 is 0 Å². The van der Waals surface area contributed by atoms with Crippen molar-refractivity contribution in [3.05, 3.63) is 94.2 Å². The predicted molar refractivity (Wildman–Crippen MR) is 134 cm³/mol. The first-order chi connectivity index (χ1) is 15.6. The fourth-order valence-electron chi connectivity index (χ4n) is 5.21. The van der Waals surface area contributed by atoms with Gasteiger partial charge in [-0.15, -0.1) is 11.3 Å². The summed E-state index contributed by atoms with van der Waals surface area (Å²) in [7, 11) is 4.40. The minimum atomic E-state index is -0.259. The number of thiophene rings is 1. The number of benzene rings is 2. The Morgan fingerprint density at radius 2 is 1.50 bits per heavy atom. The van der Waals surface area contributed by atoms with Crippen LogP contribution in [0.5, 0.6) is 0 Å². The second-order valence-corrected chi connectivity index (χ2v) is 10.2. The topological polar surface area (TPSA) is 32.3 Å². The monoisotopic (exact) mass is 446 g/mol. The van der Waals surface area contributed by atoms with E-state index in [1.165, 1.54) is 30.6 Å². The average Bonchev–Trinajstić information content (AvgIpc) is 3.34. The van der Waals surface area contributed by atoms with Gasteiger partial charge in [0.15, 0.2) is 0 Å². The van der Waals surface area contributed by atoms with Crippen molar-refractivity contribution in [3.8, 4) is 0 Å².